The summed E-state index contributed by atoms with van der Waals surface area (Å²) in [5.74, 6) is -0.410. The summed E-state index contributed by atoms with van der Waals surface area (Å²) in [7, 11) is 0. The molecule has 0 aromatic heterocycles. The van der Waals surface area contributed by atoms with Crippen molar-refractivity contribution in [3.8, 4) is 0 Å². The smallest absolute Gasteiger partial charge is 0.155 e. The van der Waals surface area contributed by atoms with Crippen LogP contribution in [-0.2, 0) is 6.42 Å². The van der Waals surface area contributed by atoms with E-state index in [2.05, 4.69) is 5.32 Å². The number of rotatable bonds is 1. The number of benzene rings is 1. The van der Waals surface area contributed by atoms with Gasteiger partial charge in [-0.05, 0) is 42.3 Å². The quantitative estimate of drug-likeness (QED) is 0.802. The van der Waals surface area contributed by atoms with Crippen molar-refractivity contribution in [1.29, 1.82) is 0 Å². The number of alkyl halides is 1. The molecule has 1 N–H and O–H groups in total. The van der Waals surface area contributed by atoms with E-state index in [1.165, 1.54) is 24.6 Å². The lowest BCUT2D eigenvalue weighted by Crippen LogP contribution is -2.43. The van der Waals surface area contributed by atoms with E-state index in [-0.39, 0.29) is 0 Å². The van der Waals surface area contributed by atoms with E-state index >= 15 is 0 Å². The van der Waals surface area contributed by atoms with Crippen LogP contribution in [0.3, 0.4) is 0 Å². The fraction of sp³-hybridized carbons (Fsp3) is 0.267. The van der Waals surface area contributed by atoms with Crippen LogP contribution in [0.2, 0.25) is 0 Å². The highest BCUT2D eigenvalue weighted by molar-refractivity contribution is 5.41. The van der Waals surface area contributed by atoms with Crippen molar-refractivity contribution >= 4 is 0 Å². The number of allylic oxidation sites excluding steroid dienone is 3. The van der Waals surface area contributed by atoms with Crippen molar-refractivity contribution in [3.63, 3.8) is 0 Å². The van der Waals surface area contributed by atoms with Crippen molar-refractivity contribution in [2.24, 2.45) is 0 Å². The minimum Gasteiger partial charge on any atom is -0.307 e. The van der Waals surface area contributed by atoms with Crippen LogP contribution >= 0.6 is 0 Å². The minimum absolute atomic E-state index is 0.410. The second-order valence-electron chi connectivity index (χ2n) is 4.71. The van der Waals surface area contributed by atoms with Gasteiger partial charge in [0.05, 0.1) is 6.04 Å². The van der Waals surface area contributed by atoms with Crippen molar-refractivity contribution in [2.75, 3.05) is 6.54 Å². The number of fused-ring (bicyclic) bond motifs is 1. The largest absolute Gasteiger partial charge is 0.307 e. The highest BCUT2D eigenvalue weighted by Crippen LogP contribution is 2.39. The Bertz CT molecular complexity index is 521. The molecule has 1 radical (unpaired) electrons. The maximum absolute atomic E-state index is 14.9. The number of halogens is 2. The fourth-order valence-corrected chi connectivity index (χ4v) is 2.62. The van der Waals surface area contributed by atoms with Gasteiger partial charge in [-0.1, -0.05) is 24.3 Å². The zero-order valence-corrected chi connectivity index (χ0v) is 9.87. The van der Waals surface area contributed by atoms with Crippen LogP contribution in [-0.4, -0.2) is 12.2 Å². The monoisotopic (exact) mass is 246 g/mol. The molecule has 2 aliphatic rings. The third-order valence-corrected chi connectivity index (χ3v) is 3.55. The molecule has 3 rings (SSSR count). The Balaban J connectivity index is 1.97. The first-order chi connectivity index (χ1) is 8.69. The van der Waals surface area contributed by atoms with Crippen molar-refractivity contribution in [3.05, 3.63) is 65.9 Å². The summed E-state index contributed by atoms with van der Waals surface area (Å²) in [6.07, 6.45) is 5.87. The van der Waals surface area contributed by atoms with Gasteiger partial charge in [0.2, 0.25) is 0 Å². The topological polar surface area (TPSA) is 12.0 Å². The van der Waals surface area contributed by atoms with Crippen LogP contribution in [0.5, 0.6) is 0 Å². The van der Waals surface area contributed by atoms with Gasteiger partial charge < -0.3 is 5.32 Å². The van der Waals surface area contributed by atoms with E-state index in [0.717, 1.165) is 24.1 Å². The normalized spacial score (nSPS) is 30.8. The van der Waals surface area contributed by atoms with Crippen LogP contribution in [0, 0.1) is 6.42 Å². The third kappa shape index (κ3) is 1.89. The van der Waals surface area contributed by atoms with E-state index in [9.17, 15) is 8.78 Å². The van der Waals surface area contributed by atoms with E-state index in [4.69, 9.17) is 0 Å². The molecule has 1 aliphatic carbocycles. The molecule has 3 heteroatoms. The molecule has 2 unspecified atom stereocenters. The van der Waals surface area contributed by atoms with E-state index < -0.39 is 17.5 Å². The molecule has 1 nitrogen and oxygen atoms in total. The predicted molar refractivity (Wildman–Crippen MR) is 67.4 cm³/mol. The minimum atomic E-state index is -1.66. The lowest BCUT2D eigenvalue weighted by atomic mass is 9.81. The van der Waals surface area contributed by atoms with Gasteiger partial charge in [-0.2, -0.15) is 0 Å². The molecule has 2 atom stereocenters. The third-order valence-electron chi connectivity index (χ3n) is 3.55. The Kier molecular flexibility index (Phi) is 2.78. The summed E-state index contributed by atoms with van der Waals surface area (Å²) in [6.45, 7) is 0.737. The number of hydrogen-bond acceptors (Lipinski definition) is 1. The molecule has 0 amide bonds. The van der Waals surface area contributed by atoms with Crippen molar-refractivity contribution in [2.45, 2.75) is 18.1 Å². The van der Waals surface area contributed by atoms with Gasteiger partial charge in [-0.25, -0.2) is 8.78 Å². The summed E-state index contributed by atoms with van der Waals surface area (Å²) in [6, 6.07) is 7.39. The molecule has 0 saturated carbocycles. The standard InChI is InChI=1S/C15H14F2N/c16-12-5-8-15(17,9-6-12)14-13-4-2-1-3-11(13)7-10-18-14/h1-6,8-9,14,18H,7,10H2. The van der Waals surface area contributed by atoms with Gasteiger partial charge in [-0.15, -0.1) is 0 Å². The Labute approximate surface area is 105 Å². The Morgan fingerprint density at radius 2 is 2.11 bits per heavy atom. The fourth-order valence-electron chi connectivity index (χ4n) is 2.62. The van der Waals surface area contributed by atoms with Gasteiger partial charge in [-0.3, -0.25) is 0 Å². The van der Waals surface area contributed by atoms with Gasteiger partial charge in [0.25, 0.3) is 0 Å². The van der Waals surface area contributed by atoms with Gasteiger partial charge in [0.1, 0.15) is 5.83 Å². The van der Waals surface area contributed by atoms with E-state index in [0.29, 0.717) is 0 Å². The Morgan fingerprint density at radius 3 is 2.89 bits per heavy atom. The van der Waals surface area contributed by atoms with Crippen LogP contribution < -0.4 is 5.32 Å². The van der Waals surface area contributed by atoms with Crippen LogP contribution in [0.25, 0.3) is 0 Å². The first kappa shape index (κ1) is 11.6. The summed E-state index contributed by atoms with van der Waals surface area (Å²) < 4.78 is 27.8. The number of nitrogens with one attached hydrogen (secondary N) is 1. The molecular weight excluding hydrogens is 232 g/mol. The molecule has 0 spiro atoms. The second kappa shape index (κ2) is 4.32. The SMILES string of the molecule is FC1=C[CH]C(F)(C2NCCc3ccccc32)C=C1. The summed E-state index contributed by atoms with van der Waals surface area (Å²) in [4.78, 5) is 0. The van der Waals surface area contributed by atoms with Crippen LogP contribution in [0.4, 0.5) is 8.78 Å². The predicted octanol–water partition coefficient (Wildman–Crippen LogP) is 3.21. The lowest BCUT2D eigenvalue weighted by molar-refractivity contribution is 0.195. The average molecular weight is 246 g/mol. The second-order valence-corrected chi connectivity index (χ2v) is 4.71. The Hall–Kier alpha value is -1.48. The van der Waals surface area contributed by atoms with Crippen molar-refractivity contribution in [1.82, 2.24) is 5.32 Å². The number of hydrogen-bond donors (Lipinski definition) is 1. The zero-order chi connectivity index (χ0) is 12.6. The maximum atomic E-state index is 14.9. The van der Waals surface area contributed by atoms with Gasteiger partial charge >= 0.3 is 0 Å². The summed E-state index contributed by atoms with van der Waals surface area (Å²) in [5, 5.41) is 3.19. The molecule has 0 fully saturated rings. The molecule has 1 heterocycles. The highest BCUT2D eigenvalue weighted by Gasteiger charge is 2.40. The molecule has 1 aliphatic heterocycles. The molecule has 18 heavy (non-hydrogen) atoms. The van der Waals surface area contributed by atoms with E-state index in [1.54, 1.807) is 0 Å². The van der Waals surface area contributed by atoms with Crippen molar-refractivity contribution < 1.29 is 8.78 Å². The highest BCUT2D eigenvalue weighted by atomic mass is 19.1. The molecule has 0 bridgehead atoms. The first-order valence-electron chi connectivity index (χ1n) is 6.10. The molecular formula is C15H14F2N. The maximum Gasteiger partial charge on any atom is 0.155 e. The average Bonchev–Trinajstić information content (AvgIpc) is 2.42. The Morgan fingerprint density at radius 1 is 1.28 bits per heavy atom. The zero-order valence-electron chi connectivity index (χ0n) is 9.87. The first-order valence-corrected chi connectivity index (χ1v) is 6.10. The summed E-state index contributed by atoms with van der Waals surface area (Å²) >= 11 is 0. The molecule has 0 saturated heterocycles. The van der Waals surface area contributed by atoms with E-state index in [1.807, 2.05) is 24.3 Å². The van der Waals surface area contributed by atoms with Crippen LogP contribution in [0.1, 0.15) is 17.2 Å². The lowest BCUT2D eigenvalue weighted by Gasteiger charge is -2.36. The molecule has 1 aromatic carbocycles. The molecule has 93 valence electrons. The summed E-state index contributed by atoms with van der Waals surface area (Å²) in [5.41, 5.74) is 0.463. The van der Waals surface area contributed by atoms with Crippen LogP contribution in [0.15, 0.2) is 48.3 Å². The van der Waals surface area contributed by atoms with Gasteiger partial charge in [0, 0.05) is 6.42 Å². The molecule has 1 aromatic rings. The van der Waals surface area contributed by atoms with Gasteiger partial charge in [0.15, 0.2) is 5.67 Å².